The number of anilines is 2. The number of hydrogen-bond donors (Lipinski definition) is 1. The van der Waals surface area contributed by atoms with E-state index in [2.05, 4.69) is 15.3 Å². The summed E-state index contributed by atoms with van der Waals surface area (Å²) >= 11 is 5.88. The van der Waals surface area contributed by atoms with Crippen LogP contribution in [0.25, 0.3) is 16.6 Å². The van der Waals surface area contributed by atoms with Crippen LogP contribution in [0.4, 0.5) is 15.9 Å². The number of ether oxygens (including phenoxy) is 1. The van der Waals surface area contributed by atoms with Crippen LogP contribution in [-0.4, -0.2) is 27.1 Å². The van der Waals surface area contributed by atoms with E-state index < -0.39 is 5.82 Å². The van der Waals surface area contributed by atoms with Crippen molar-refractivity contribution in [2.45, 2.75) is 6.42 Å². The Balaban J connectivity index is 1.57. The van der Waals surface area contributed by atoms with E-state index in [1.165, 1.54) is 18.5 Å². The second-order valence-corrected chi connectivity index (χ2v) is 7.08. The molecular weight excluding hydrogens is 395 g/mol. The number of rotatable bonds is 3. The summed E-state index contributed by atoms with van der Waals surface area (Å²) in [5, 5.41) is 3.97. The molecule has 0 aliphatic carbocycles. The summed E-state index contributed by atoms with van der Waals surface area (Å²) in [7, 11) is 0. The molecule has 0 unspecified atom stereocenters. The first-order chi connectivity index (χ1) is 14.1. The van der Waals surface area contributed by atoms with Crippen LogP contribution in [0, 0.1) is 5.82 Å². The third-order valence-corrected chi connectivity index (χ3v) is 5.12. The molecule has 5 rings (SSSR count). The summed E-state index contributed by atoms with van der Waals surface area (Å²) < 4.78 is 20.4. The van der Waals surface area contributed by atoms with Crippen molar-refractivity contribution in [3.8, 4) is 5.69 Å². The van der Waals surface area contributed by atoms with Crippen LogP contribution in [0.1, 0.15) is 15.9 Å². The summed E-state index contributed by atoms with van der Waals surface area (Å²) in [4.78, 5) is 20.6. The molecule has 0 bridgehead atoms. The summed E-state index contributed by atoms with van der Waals surface area (Å²) in [6.07, 6.45) is 5.87. The number of aromatic nitrogens is 3. The SMILES string of the molecule is O=C1OCCc2cn(-c3ccc4ncnc(Nc5ccc(F)c(Cl)c5)c4c3)cc21. The molecule has 2 aromatic carbocycles. The van der Waals surface area contributed by atoms with E-state index in [9.17, 15) is 9.18 Å². The van der Waals surface area contributed by atoms with Gasteiger partial charge in [-0.1, -0.05) is 11.6 Å². The Morgan fingerprint density at radius 2 is 2.03 bits per heavy atom. The molecule has 0 spiro atoms. The minimum absolute atomic E-state index is 0.0267. The van der Waals surface area contributed by atoms with Gasteiger partial charge in [0, 0.05) is 35.6 Å². The fourth-order valence-corrected chi connectivity index (χ4v) is 3.56. The number of halogens is 2. The molecule has 8 heteroatoms. The fraction of sp³-hybridized carbons (Fsp3) is 0.0952. The van der Waals surface area contributed by atoms with E-state index in [1.807, 2.05) is 29.0 Å². The summed E-state index contributed by atoms with van der Waals surface area (Å²) in [6, 6.07) is 10.1. The Morgan fingerprint density at radius 1 is 1.14 bits per heavy atom. The Kier molecular flexibility index (Phi) is 4.17. The van der Waals surface area contributed by atoms with E-state index in [1.54, 1.807) is 12.3 Å². The maximum absolute atomic E-state index is 13.4. The normalized spacial score (nSPS) is 13.2. The first kappa shape index (κ1) is 17.6. The smallest absolute Gasteiger partial charge is 0.339 e. The largest absolute Gasteiger partial charge is 0.462 e. The van der Waals surface area contributed by atoms with Crippen LogP contribution in [0.2, 0.25) is 5.02 Å². The van der Waals surface area contributed by atoms with E-state index in [-0.39, 0.29) is 11.0 Å². The van der Waals surface area contributed by atoms with Gasteiger partial charge in [-0.25, -0.2) is 19.2 Å². The minimum Gasteiger partial charge on any atom is -0.462 e. The molecule has 29 heavy (non-hydrogen) atoms. The van der Waals surface area contributed by atoms with Crippen molar-refractivity contribution >= 4 is 40.0 Å². The molecule has 0 atom stereocenters. The molecular formula is C21H14ClFN4O2. The third kappa shape index (κ3) is 3.19. The molecule has 0 saturated heterocycles. The van der Waals surface area contributed by atoms with Gasteiger partial charge in [-0.2, -0.15) is 0 Å². The zero-order chi connectivity index (χ0) is 20.0. The maximum Gasteiger partial charge on any atom is 0.339 e. The zero-order valence-electron chi connectivity index (χ0n) is 15.0. The summed E-state index contributed by atoms with van der Waals surface area (Å²) in [5.41, 5.74) is 3.76. The van der Waals surface area contributed by atoms with Crippen LogP contribution in [0.15, 0.2) is 55.1 Å². The van der Waals surface area contributed by atoms with Crippen molar-refractivity contribution in [1.29, 1.82) is 0 Å². The van der Waals surface area contributed by atoms with Crippen LogP contribution >= 0.6 is 11.6 Å². The monoisotopic (exact) mass is 408 g/mol. The molecule has 6 nitrogen and oxygen atoms in total. The van der Waals surface area contributed by atoms with E-state index in [0.717, 1.165) is 22.2 Å². The number of esters is 1. The summed E-state index contributed by atoms with van der Waals surface area (Å²) in [5.74, 6) is -0.220. The minimum atomic E-state index is -0.484. The second-order valence-electron chi connectivity index (χ2n) is 6.67. The second kappa shape index (κ2) is 6.86. The fourth-order valence-electron chi connectivity index (χ4n) is 3.38. The predicted octanol–water partition coefficient (Wildman–Crippen LogP) is 4.67. The highest BCUT2D eigenvalue weighted by molar-refractivity contribution is 6.31. The molecule has 3 heterocycles. The lowest BCUT2D eigenvalue weighted by atomic mass is 10.1. The number of carbonyl (C=O) groups excluding carboxylic acids is 1. The molecule has 0 fully saturated rings. The average molecular weight is 409 g/mol. The van der Waals surface area contributed by atoms with Crippen LogP contribution in [0.5, 0.6) is 0 Å². The molecule has 1 N–H and O–H groups in total. The van der Waals surface area contributed by atoms with Crippen molar-refractivity contribution in [2.75, 3.05) is 11.9 Å². The Morgan fingerprint density at radius 3 is 2.86 bits per heavy atom. The highest BCUT2D eigenvalue weighted by Gasteiger charge is 2.21. The third-order valence-electron chi connectivity index (χ3n) is 4.83. The molecule has 2 aromatic heterocycles. The summed E-state index contributed by atoms with van der Waals surface area (Å²) in [6.45, 7) is 0.399. The number of nitrogens with zero attached hydrogens (tertiary/aromatic N) is 3. The van der Waals surface area contributed by atoms with Gasteiger partial charge in [-0.15, -0.1) is 0 Å². The highest BCUT2D eigenvalue weighted by Crippen LogP contribution is 2.28. The molecule has 144 valence electrons. The number of cyclic esters (lactones) is 1. The molecule has 1 aliphatic heterocycles. The van der Waals surface area contributed by atoms with Gasteiger partial charge in [0.2, 0.25) is 0 Å². The van der Waals surface area contributed by atoms with Gasteiger partial charge < -0.3 is 14.6 Å². The van der Waals surface area contributed by atoms with Gasteiger partial charge in [0.05, 0.1) is 22.7 Å². The van der Waals surface area contributed by atoms with Crippen molar-refractivity contribution in [2.24, 2.45) is 0 Å². The first-order valence-corrected chi connectivity index (χ1v) is 9.31. The average Bonchev–Trinajstić information content (AvgIpc) is 3.17. The number of hydrogen-bond acceptors (Lipinski definition) is 5. The molecule has 0 radical (unpaired) electrons. The Labute approximate surface area is 169 Å². The number of nitrogens with one attached hydrogen (secondary N) is 1. The lowest BCUT2D eigenvalue weighted by Gasteiger charge is -2.10. The molecule has 1 aliphatic rings. The lowest BCUT2D eigenvalue weighted by Crippen LogP contribution is -2.15. The van der Waals surface area contributed by atoms with Crippen molar-refractivity contribution in [3.05, 3.63) is 77.1 Å². The zero-order valence-corrected chi connectivity index (χ0v) is 15.8. The van der Waals surface area contributed by atoms with Crippen molar-refractivity contribution < 1.29 is 13.9 Å². The predicted molar refractivity (Wildman–Crippen MR) is 108 cm³/mol. The molecule has 0 saturated carbocycles. The van der Waals surface area contributed by atoms with Crippen LogP contribution in [-0.2, 0) is 11.2 Å². The number of benzene rings is 2. The Bertz CT molecular complexity index is 1270. The van der Waals surface area contributed by atoms with E-state index in [4.69, 9.17) is 16.3 Å². The molecule has 0 amide bonds. The van der Waals surface area contributed by atoms with Crippen LogP contribution < -0.4 is 5.32 Å². The maximum atomic E-state index is 13.4. The van der Waals surface area contributed by atoms with Gasteiger partial charge in [-0.3, -0.25) is 0 Å². The van der Waals surface area contributed by atoms with E-state index >= 15 is 0 Å². The van der Waals surface area contributed by atoms with Crippen molar-refractivity contribution in [3.63, 3.8) is 0 Å². The standard InChI is InChI=1S/C21H14ClFN4O2/c22-17-7-13(1-3-18(17)23)26-20-15-8-14(2-4-19(15)24-11-25-20)27-9-12-5-6-29-21(28)16(12)10-27/h1-4,7-11H,5-6H2,(H,24,25,26). The first-order valence-electron chi connectivity index (χ1n) is 8.94. The van der Waals surface area contributed by atoms with Crippen molar-refractivity contribution in [1.82, 2.24) is 14.5 Å². The van der Waals surface area contributed by atoms with Gasteiger partial charge in [-0.05, 0) is 42.0 Å². The quantitative estimate of drug-likeness (QED) is 0.499. The molecule has 4 aromatic rings. The lowest BCUT2D eigenvalue weighted by molar-refractivity contribution is 0.0481. The number of fused-ring (bicyclic) bond motifs is 2. The topological polar surface area (TPSA) is 69.0 Å². The number of carbonyl (C=O) groups is 1. The van der Waals surface area contributed by atoms with Gasteiger partial charge in [0.25, 0.3) is 0 Å². The Hall–Kier alpha value is -3.45. The van der Waals surface area contributed by atoms with E-state index in [0.29, 0.717) is 30.1 Å². The van der Waals surface area contributed by atoms with Gasteiger partial charge in [0.15, 0.2) is 0 Å². The van der Waals surface area contributed by atoms with Gasteiger partial charge in [0.1, 0.15) is 18.0 Å². The van der Waals surface area contributed by atoms with Crippen LogP contribution in [0.3, 0.4) is 0 Å². The van der Waals surface area contributed by atoms with Gasteiger partial charge >= 0.3 is 5.97 Å². The highest BCUT2D eigenvalue weighted by atomic mass is 35.5.